The third kappa shape index (κ3) is 6.39. The second-order valence-electron chi connectivity index (χ2n) is 5.05. The van der Waals surface area contributed by atoms with Crippen molar-refractivity contribution in [2.75, 3.05) is 6.54 Å². The predicted molar refractivity (Wildman–Crippen MR) is 99.3 cm³/mol. The number of carbonyl (C=O) groups is 2. The van der Waals surface area contributed by atoms with Gasteiger partial charge in [0.05, 0.1) is 6.21 Å². The Labute approximate surface area is 154 Å². The molecule has 2 amide bonds. The van der Waals surface area contributed by atoms with Gasteiger partial charge in [-0.05, 0) is 42.3 Å². The fourth-order valence-corrected chi connectivity index (χ4v) is 2.15. The van der Waals surface area contributed by atoms with E-state index in [-0.39, 0.29) is 0 Å². The van der Waals surface area contributed by atoms with Crippen LogP contribution < -0.4 is 15.5 Å². The molecule has 2 aromatic rings. The van der Waals surface area contributed by atoms with Crippen molar-refractivity contribution in [2.45, 2.75) is 13.5 Å². The van der Waals surface area contributed by atoms with Crippen LogP contribution in [-0.2, 0) is 16.2 Å². The third-order valence-electron chi connectivity index (χ3n) is 3.10. The summed E-state index contributed by atoms with van der Waals surface area (Å²) in [6.07, 6.45) is 1.45. The Morgan fingerprint density at radius 3 is 2.64 bits per heavy atom. The van der Waals surface area contributed by atoms with E-state index in [0.717, 1.165) is 15.6 Å². The highest BCUT2D eigenvalue weighted by Crippen LogP contribution is 2.16. The maximum Gasteiger partial charge on any atom is 0.329 e. The molecule has 2 N–H and O–H groups in total. The molecule has 0 aromatic heterocycles. The van der Waals surface area contributed by atoms with Crippen LogP contribution in [0, 0.1) is 0 Å². The van der Waals surface area contributed by atoms with Crippen molar-refractivity contribution >= 4 is 34.0 Å². The minimum absolute atomic E-state index is 0.383. The van der Waals surface area contributed by atoms with Gasteiger partial charge >= 0.3 is 11.8 Å². The molecule has 0 aliphatic carbocycles. The molecule has 2 aromatic carbocycles. The Morgan fingerprint density at radius 1 is 1.16 bits per heavy atom. The molecule has 0 unspecified atom stereocenters. The molecule has 25 heavy (non-hydrogen) atoms. The molecular formula is C18H18BrN3O3. The first-order valence-electron chi connectivity index (χ1n) is 7.67. The van der Waals surface area contributed by atoms with E-state index in [9.17, 15) is 9.59 Å². The lowest BCUT2D eigenvalue weighted by Crippen LogP contribution is -2.37. The third-order valence-corrected chi connectivity index (χ3v) is 3.63. The number of nitrogens with zero attached hydrogens (tertiary/aromatic N) is 1. The predicted octanol–water partition coefficient (Wildman–Crippen LogP) is 2.61. The quantitative estimate of drug-likeness (QED) is 0.441. The lowest BCUT2D eigenvalue weighted by atomic mass is 10.2. The number of hydrogen-bond donors (Lipinski definition) is 2. The fourth-order valence-electron chi connectivity index (χ4n) is 1.89. The molecule has 0 atom stereocenters. The van der Waals surface area contributed by atoms with E-state index >= 15 is 0 Å². The summed E-state index contributed by atoms with van der Waals surface area (Å²) < 4.78 is 6.76. The van der Waals surface area contributed by atoms with E-state index in [4.69, 9.17) is 4.74 Å². The lowest BCUT2D eigenvalue weighted by Gasteiger charge is -2.07. The van der Waals surface area contributed by atoms with Gasteiger partial charge in [0.15, 0.2) is 0 Å². The van der Waals surface area contributed by atoms with Crippen molar-refractivity contribution in [2.24, 2.45) is 5.10 Å². The van der Waals surface area contributed by atoms with Crippen molar-refractivity contribution < 1.29 is 14.3 Å². The second-order valence-corrected chi connectivity index (χ2v) is 5.96. The Hall–Kier alpha value is -2.67. The van der Waals surface area contributed by atoms with E-state index in [1.165, 1.54) is 6.21 Å². The minimum atomic E-state index is -0.805. The zero-order valence-electron chi connectivity index (χ0n) is 13.7. The van der Waals surface area contributed by atoms with Crippen molar-refractivity contribution in [1.29, 1.82) is 0 Å². The molecule has 6 nitrogen and oxygen atoms in total. The van der Waals surface area contributed by atoms with Crippen LogP contribution in [0.1, 0.15) is 18.1 Å². The van der Waals surface area contributed by atoms with Gasteiger partial charge in [0, 0.05) is 11.0 Å². The van der Waals surface area contributed by atoms with Gasteiger partial charge in [-0.2, -0.15) is 5.10 Å². The maximum absolute atomic E-state index is 11.4. The average Bonchev–Trinajstić information content (AvgIpc) is 2.62. The number of hydrogen-bond acceptors (Lipinski definition) is 4. The number of rotatable bonds is 6. The van der Waals surface area contributed by atoms with E-state index < -0.39 is 11.8 Å². The molecule has 0 spiro atoms. The monoisotopic (exact) mass is 403 g/mol. The molecule has 130 valence electrons. The zero-order chi connectivity index (χ0) is 18.1. The Bertz CT molecular complexity index is 760. The van der Waals surface area contributed by atoms with Gasteiger partial charge in [0.1, 0.15) is 12.4 Å². The van der Waals surface area contributed by atoms with Crippen LogP contribution in [0.25, 0.3) is 0 Å². The van der Waals surface area contributed by atoms with Crippen molar-refractivity contribution in [3.8, 4) is 5.75 Å². The van der Waals surface area contributed by atoms with Crippen molar-refractivity contribution in [3.63, 3.8) is 0 Å². The maximum atomic E-state index is 11.4. The number of ether oxygens (including phenoxy) is 1. The number of amides is 2. The van der Waals surface area contributed by atoms with Crippen LogP contribution in [-0.4, -0.2) is 24.6 Å². The molecule has 2 rings (SSSR count). The van der Waals surface area contributed by atoms with Crippen molar-refractivity contribution in [1.82, 2.24) is 10.7 Å². The minimum Gasteiger partial charge on any atom is -0.489 e. The van der Waals surface area contributed by atoms with Gasteiger partial charge in [-0.3, -0.25) is 9.59 Å². The smallest absolute Gasteiger partial charge is 0.329 e. The number of halogens is 1. The Morgan fingerprint density at radius 2 is 1.92 bits per heavy atom. The first-order chi connectivity index (χ1) is 12.1. The fraction of sp³-hybridized carbons (Fsp3) is 0.167. The second kappa shape index (κ2) is 9.58. The molecule has 0 fully saturated rings. The van der Waals surface area contributed by atoms with E-state index in [2.05, 4.69) is 31.8 Å². The van der Waals surface area contributed by atoms with E-state index in [0.29, 0.717) is 18.9 Å². The summed E-state index contributed by atoms with van der Waals surface area (Å²) in [5, 5.41) is 6.16. The van der Waals surface area contributed by atoms with Gasteiger partial charge in [-0.15, -0.1) is 0 Å². The summed E-state index contributed by atoms with van der Waals surface area (Å²) in [4.78, 5) is 22.7. The first kappa shape index (κ1) is 18.7. The van der Waals surface area contributed by atoms with Gasteiger partial charge in [0.25, 0.3) is 0 Å². The van der Waals surface area contributed by atoms with Gasteiger partial charge < -0.3 is 10.1 Å². The largest absolute Gasteiger partial charge is 0.489 e. The van der Waals surface area contributed by atoms with Gasteiger partial charge in [0.2, 0.25) is 0 Å². The standard InChI is InChI=1S/C18H18BrN3O3/c1-2-20-17(23)18(24)22-21-11-14-4-3-5-16(10-14)25-12-13-6-8-15(19)9-7-13/h3-11H,2,12H2,1H3,(H,20,23)(H,22,24)/b21-11-. The van der Waals surface area contributed by atoms with Crippen LogP contribution in [0.5, 0.6) is 5.75 Å². The summed E-state index contributed by atoms with van der Waals surface area (Å²) in [5.74, 6) is -0.839. The van der Waals surface area contributed by atoms with E-state index in [1.807, 2.05) is 42.5 Å². The molecule has 0 aliphatic heterocycles. The summed E-state index contributed by atoms with van der Waals surface area (Å²) >= 11 is 3.39. The molecule has 0 saturated carbocycles. The SMILES string of the molecule is CCNC(=O)C(=O)N/N=C\c1cccc(OCc2ccc(Br)cc2)c1. The number of hydrazone groups is 1. The van der Waals surface area contributed by atoms with Crippen LogP contribution in [0.15, 0.2) is 58.1 Å². The summed E-state index contributed by atoms with van der Waals surface area (Å²) in [5.41, 5.74) is 3.96. The summed E-state index contributed by atoms with van der Waals surface area (Å²) in [6, 6.07) is 15.1. The average molecular weight is 404 g/mol. The number of likely N-dealkylation sites (N-methyl/N-ethyl adjacent to an activating group) is 1. The molecule has 0 radical (unpaired) electrons. The molecule has 7 heteroatoms. The number of carbonyl (C=O) groups excluding carboxylic acids is 2. The molecule has 0 bridgehead atoms. The van der Waals surface area contributed by atoms with Crippen molar-refractivity contribution in [3.05, 3.63) is 64.1 Å². The van der Waals surface area contributed by atoms with E-state index in [1.54, 1.807) is 13.0 Å². The lowest BCUT2D eigenvalue weighted by molar-refractivity contribution is -0.139. The first-order valence-corrected chi connectivity index (χ1v) is 8.46. The summed E-state index contributed by atoms with van der Waals surface area (Å²) in [7, 11) is 0. The van der Waals surface area contributed by atoms with Crippen LogP contribution in [0.3, 0.4) is 0 Å². The molecule has 0 saturated heterocycles. The highest BCUT2D eigenvalue weighted by atomic mass is 79.9. The van der Waals surface area contributed by atoms with Gasteiger partial charge in [-0.25, -0.2) is 5.43 Å². The summed E-state index contributed by atoms with van der Waals surface area (Å²) in [6.45, 7) is 2.56. The molecule has 0 heterocycles. The Kier molecular flexibility index (Phi) is 7.16. The number of nitrogens with one attached hydrogen (secondary N) is 2. The van der Waals surface area contributed by atoms with Crippen LogP contribution in [0.2, 0.25) is 0 Å². The topological polar surface area (TPSA) is 79.8 Å². The molecule has 0 aliphatic rings. The highest BCUT2D eigenvalue weighted by molar-refractivity contribution is 9.10. The Balaban J connectivity index is 1.89. The highest BCUT2D eigenvalue weighted by Gasteiger charge is 2.10. The molecular weight excluding hydrogens is 386 g/mol. The van der Waals surface area contributed by atoms with Crippen LogP contribution in [0.4, 0.5) is 0 Å². The van der Waals surface area contributed by atoms with Gasteiger partial charge in [-0.1, -0.05) is 40.2 Å². The zero-order valence-corrected chi connectivity index (χ0v) is 15.2. The number of benzene rings is 2. The normalized spacial score (nSPS) is 10.5. The van der Waals surface area contributed by atoms with Crippen LogP contribution >= 0.6 is 15.9 Å².